The molecule has 0 saturated heterocycles. The Hall–Kier alpha value is -4.86. The van der Waals surface area contributed by atoms with Gasteiger partial charge in [0, 0.05) is 19.6 Å². The van der Waals surface area contributed by atoms with E-state index in [1.54, 1.807) is 11.8 Å². The molecule has 458 valence electrons. The maximum absolute atomic E-state index is 11.2. The van der Waals surface area contributed by atoms with Crippen LogP contribution in [-0.2, 0) is 32.7 Å². The molecule has 0 heterocycles. The summed E-state index contributed by atoms with van der Waals surface area (Å²) in [5.41, 5.74) is 0. The van der Waals surface area contributed by atoms with Crippen molar-refractivity contribution < 1.29 is 50.6 Å². The van der Waals surface area contributed by atoms with Gasteiger partial charge in [-0.1, -0.05) is 151 Å². The minimum absolute atomic E-state index is 0.0786. The molecule has 0 amide bonds. The molecule has 0 atom stereocenters. The first-order valence-corrected chi connectivity index (χ1v) is 47.2. The topological polar surface area (TPSA) is 0 Å². The summed E-state index contributed by atoms with van der Waals surface area (Å²) in [6.45, 7) is 0. The van der Waals surface area contributed by atoms with E-state index in [-0.39, 0.29) is 32.7 Å². The molecule has 10 rings (SSSR count). The molecule has 0 saturated carbocycles. The van der Waals surface area contributed by atoms with E-state index >= 15 is 0 Å². The van der Waals surface area contributed by atoms with Gasteiger partial charge in [-0.15, -0.1) is 0 Å². The quantitative estimate of drug-likeness (QED) is 0.0641. The van der Waals surface area contributed by atoms with Gasteiger partial charge < -0.3 is 0 Å². The smallest absolute Gasteiger partial charge is 0.0901 e. The summed E-state index contributed by atoms with van der Waals surface area (Å²) in [5, 5.41) is 0. The van der Waals surface area contributed by atoms with E-state index in [0.717, 1.165) is 0 Å². The van der Waals surface area contributed by atoms with Gasteiger partial charge in [0.05, 0.1) is 32.7 Å². The van der Waals surface area contributed by atoms with Crippen molar-refractivity contribution in [3.05, 3.63) is 285 Å². The van der Waals surface area contributed by atoms with Crippen LogP contribution in [0.5, 0.6) is 0 Å². The molecule has 0 aliphatic heterocycles. The monoisotopic (exact) mass is 1630 g/mol. The zero-order valence-corrected chi connectivity index (χ0v) is 55.6. The Bertz CT molecular complexity index is 3350. The zero-order valence-electron chi connectivity index (χ0n) is 43.8. The molecule has 0 unspecified atom stereocenters. The Morgan fingerprint density at radius 1 is 0.163 bits per heavy atom. The molecular weight excluding hydrogens is 1590 g/mol. The van der Waals surface area contributed by atoms with Crippen LogP contribution in [0.3, 0.4) is 0 Å². The van der Waals surface area contributed by atoms with Crippen molar-refractivity contribution >= 4 is 115 Å². The van der Waals surface area contributed by atoms with Crippen molar-refractivity contribution in [1.29, 1.82) is 0 Å². The van der Waals surface area contributed by atoms with Crippen LogP contribution < -0.4 is 0 Å². The Morgan fingerprint density at radius 2 is 0.279 bits per heavy atom. The minimum Gasteiger partial charge on any atom is -0.0901 e. The third kappa shape index (κ3) is 30.9. The molecule has 0 aromatic heterocycles. The number of benzene rings is 10. The van der Waals surface area contributed by atoms with E-state index in [1.165, 1.54) is 63.6 Å². The molecule has 10 aromatic rings. The fourth-order valence-electron chi connectivity index (χ4n) is 7.26. The largest absolute Gasteiger partial charge is 0.166 e. The van der Waals surface area contributed by atoms with Gasteiger partial charge in [0.1, 0.15) is 0 Å². The van der Waals surface area contributed by atoms with Crippen molar-refractivity contribution in [3.8, 4) is 0 Å². The zero-order chi connectivity index (χ0) is 63.1. The van der Waals surface area contributed by atoms with Crippen LogP contribution >= 0.6 is 23.5 Å². The van der Waals surface area contributed by atoms with Crippen LogP contribution in [0.1, 0.15) is 0 Å². The Labute approximate surface area is 508 Å². The minimum atomic E-state index is -11.2. The van der Waals surface area contributed by atoms with Crippen molar-refractivity contribution in [2.24, 2.45) is 0 Å². The van der Waals surface area contributed by atoms with Crippen molar-refractivity contribution in [3.63, 3.8) is 0 Å². The van der Waals surface area contributed by atoms with Crippen LogP contribution in [0.2, 0.25) is 0 Å². The van der Waals surface area contributed by atoms with Crippen LogP contribution in [-0.4, -0.2) is 58.4 Å². The van der Waals surface area contributed by atoms with E-state index in [2.05, 4.69) is 285 Å². The average Bonchev–Trinajstić information content (AvgIpc) is 1.42. The molecule has 10 aromatic carbocycles. The molecule has 86 heavy (non-hydrogen) atoms. The van der Waals surface area contributed by atoms with E-state index < -0.39 is 58.4 Å². The first-order valence-electron chi connectivity index (χ1n) is 24.5. The summed E-state index contributed by atoms with van der Waals surface area (Å²) in [7, 11) is -0.324. The number of halogens is 18. The maximum Gasteiger partial charge on any atom is 0.166 e. The molecule has 0 bridgehead atoms. The molecule has 0 fully saturated rings. The summed E-state index contributed by atoms with van der Waals surface area (Å²) >= 11 is -30.1. The normalized spacial score (nSPS) is 14.0. The summed E-state index contributed by atoms with van der Waals surface area (Å²) in [5.74, 6) is 0. The molecule has 0 N–H and O–H groups in total. The van der Waals surface area contributed by atoms with Crippen molar-refractivity contribution in [2.45, 2.75) is 63.6 Å². The molecular formula is C60H47F18S5Sb3. The third-order valence-electron chi connectivity index (χ3n) is 10.3. The summed E-state index contributed by atoms with van der Waals surface area (Å²) < 4.78 is 179. The average molecular weight is 1640 g/mol. The van der Waals surface area contributed by atoms with Gasteiger partial charge in [-0.2, -0.15) is 0 Å². The summed E-state index contributed by atoms with van der Waals surface area (Å²) in [4.78, 5) is 17.1. The van der Waals surface area contributed by atoms with Gasteiger partial charge in [0.2, 0.25) is 0 Å². The second kappa shape index (κ2) is 26.7. The van der Waals surface area contributed by atoms with Gasteiger partial charge in [-0.25, -0.2) is 0 Å². The second-order valence-electron chi connectivity index (χ2n) is 17.6. The van der Waals surface area contributed by atoms with Crippen LogP contribution in [0.15, 0.2) is 349 Å². The molecule has 0 aliphatic rings. The van der Waals surface area contributed by atoms with Crippen LogP contribution in [0, 0.1) is 0 Å². The van der Waals surface area contributed by atoms with Crippen molar-refractivity contribution in [1.82, 2.24) is 0 Å². The molecule has 0 nitrogen and oxygen atoms in total. The molecule has 26 heteroatoms. The van der Waals surface area contributed by atoms with Gasteiger partial charge >= 0.3 is 109 Å². The van der Waals surface area contributed by atoms with Gasteiger partial charge in [-0.05, 0) is 158 Å². The third-order valence-corrected chi connectivity index (χ3v) is 19.0. The van der Waals surface area contributed by atoms with Crippen molar-refractivity contribution in [2.75, 3.05) is 0 Å². The van der Waals surface area contributed by atoms with E-state index in [1.807, 2.05) is 11.8 Å². The first kappa shape index (κ1) is 70.2. The van der Waals surface area contributed by atoms with E-state index in [0.29, 0.717) is 0 Å². The van der Waals surface area contributed by atoms with Gasteiger partial charge in [0.25, 0.3) is 0 Å². The van der Waals surface area contributed by atoms with E-state index in [4.69, 9.17) is 0 Å². The van der Waals surface area contributed by atoms with Crippen LogP contribution in [0.4, 0.5) is 50.6 Å². The molecule has 0 spiro atoms. The Kier molecular flexibility index (Phi) is 21.8. The summed E-state index contributed by atoms with van der Waals surface area (Å²) in [6.07, 6.45) is 0. The first-order chi connectivity index (χ1) is 39.6. The fraction of sp³-hybridized carbons (Fsp3) is 0. The standard InChI is InChI=1S/C36H28S3.C24H19S2.18FH.3Sb/c1-5-13-31(14-6-1)38(32-15-7-2-8-16-32)35-25-21-29(22-26-35)37-30-23-27-36(28-24-30)39(33-17-9-3-10-18-33)34-19-11-4-12-20-34;1-4-10-20(11-5-1)25-21-16-18-24(19-17-21)26(22-12-6-2-7-13-22)23-14-8-3-9-15-23;;;;;;;;;;;;;;;;;;;;;/h1-28H;1-19H;18*1H;;;/q+2;+1;;;;;;;;;;;;;;;;;;;3*+5/p-18. The predicted octanol–water partition coefficient (Wildman–Crippen LogP) is 23.4. The van der Waals surface area contributed by atoms with Gasteiger partial charge in [-0.3, -0.25) is 0 Å². The predicted molar refractivity (Wildman–Crippen MR) is 316 cm³/mol. The molecule has 0 radical (unpaired) electrons. The SMILES string of the molecule is [F][Sb-]([F])([F])([F])([F])[F].[F][Sb-]([F])([F])([F])([F])[F].[F][Sb-]([F])([F])([F])([F])[F].c1ccc(Sc2ccc([S+](c3ccccc3)c3ccccc3)cc2)cc1.c1ccc([S+](c2ccccc2)c2ccc(Sc3ccc([S+](c4ccccc4)c4ccccc4)cc3)cc2)cc1. The fourth-order valence-corrected chi connectivity index (χ4v) is 15.2. The van der Waals surface area contributed by atoms with Crippen LogP contribution in [0.25, 0.3) is 0 Å². The molecule has 0 aliphatic carbocycles. The number of hydrogen-bond donors (Lipinski definition) is 0. The number of hydrogen-bond acceptors (Lipinski definition) is 2. The summed E-state index contributed by atoms with van der Waals surface area (Å²) in [6, 6.07) is 103. The van der Waals surface area contributed by atoms with E-state index in [9.17, 15) is 50.6 Å². The van der Waals surface area contributed by atoms with Gasteiger partial charge in [0.15, 0.2) is 44.1 Å². The number of rotatable bonds is 13. The maximum atomic E-state index is 9.93. The Morgan fingerprint density at radius 3 is 0.430 bits per heavy atom. The Balaban J connectivity index is 0.000000214. The second-order valence-corrected chi connectivity index (χ2v) is 42.4.